The Morgan fingerprint density at radius 2 is 2.20 bits per heavy atom. The van der Waals surface area contributed by atoms with Crippen LogP contribution in [0, 0.1) is 5.82 Å². The summed E-state index contributed by atoms with van der Waals surface area (Å²) in [7, 11) is 1.36. The lowest BCUT2D eigenvalue weighted by molar-refractivity contribution is -0.136. The molecule has 78 valence electrons. The number of aryl methyl sites for hydroxylation is 1. The van der Waals surface area contributed by atoms with Crippen LogP contribution in [-0.2, 0) is 16.0 Å². The Kier molecular flexibility index (Phi) is 2.54. The van der Waals surface area contributed by atoms with Crippen molar-refractivity contribution in [1.82, 2.24) is 0 Å². The highest BCUT2D eigenvalue weighted by Gasteiger charge is 2.16. The van der Waals surface area contributed by atoms with E-state index in [1.165, 1.54) is 19.2 Å². The second-order valence-corrected chi connectivity index (χ2v) is 3.50. The quantitative estimate of drug-likeness (QED) is 0.659. The maximum absolute atomic E-state index is 12.9. The number of ether oxygens (including phenoxy) is 1. The molecule has 1 aliphatic rings. The first-order valence-electron chi connectivity index (χ1n) is 4.78. The van der Waals surface area contributed by atoms with Gasteiger partial charge in [0.25, 0.3) is 0 Å². The zero-order valence-corrected chi connectivity index (χ0v) is 8.42. The highest BCUT2D eigenvalue weighted by atomic mass is 19.1. The van der Waals surface area contributed by atoms with Crippen LogP contribution in [0.25, 0.3) is 6.08 Å². The van der Waals surface area contributed by atoms with Crippen LogP contribution < -0.4 is 0 Å². The number of hydrogen-bond acceptors (Lipinski definition) is 2. The van der Waals surface area contributed by atoms with E-state index in [-0.39, 0.29) is 11.8 Å². The van der Waals surface area contributed by atoms with E-state index in [1.807, 2.05) is 0 Å². The van der Waals surface area contributed by atoms with Gasteiger partial charge in [-0.15, -0.1) is 0 Å². The zero-order chi connectivity index (χ0) is 10.8. The van der Waals surface area contributed by atoms with Crippen LogP contribution in [0.2, 0.25) is 0 Å². The van der Waals surface area contributed by atoms with Gasteiger partial charge < -0.3 is 4.74 Å². The summed E-state index contributed by atoms with van der Waals surface area (Å²) in [5.74, 6) is -0.534. The molecule has 0 bridgehead atoms. The first-order valence-corrected chi connectivity index (χ1v) is 4.78. The molecule has 0 atom stereocenters. The van der Waals surface area contributed by atoms with Crippen molar-refractivity contribution in [3.63, 3.8) is 0 Å². The van der Waals surface area contributed by atoms with Crippen LogP contribution in [0.15, 0.2) is 23.8 Å². The summed E-state index contributed by atoms with van der Waals surface area (Å²) in [6.07, 6.45) is 3.07. The van der Waals surface area contributed by atoms with Crippen molar-refractivity contribution in [1.29, 1.82) is 0 Å². The molecule has 0 radical (unpaired) electrons. The van der Waals surface area contributed by atoms with Crippen molar-refractivity contribution >= 4 is 12.0 Å². The Labute approximate surface area is 87.4 Å². The maximum atomic E-state index is 12.9. The van der Waals surface area contributed by atoms with Gasteiger partial charge in [0, 0.05) is 5.57 Å². The lowest BCUT2D eigenvalue weighted by Gasteiger charge is -2.14. The van der Waals surface area contributed by atoms with Crippen molar-refractivity contribution in [3.05, 3.63) is 40.7 Å². The smallest absolute Gasteiger partial charge is 0.333 e. The Balaban J connectivity index is 2.37. The fourth-order valence-electron chi connectivity index (χ4n) is 1.75. The van der Waals surface area contributed by atoms with E-state index >= 15 is 0 Å². The van der Waals surface area contributed by atoms with Gasteiger partial charge in [-0.25, -0.2) is 9.18 Å². The molecule has 0 saturated carbocycles. The molecule has 0 amide bonds. The average Bonchev–Trinajstić information content (AvgIpc) is 2.27. The van der Waals surface area contributed by atoms with Crippen LogP contribution in [-0.4, -0.2) is 13.1 Å². The van der Waals surface area contributed by atoms with E-state index < -0.39 is 0 Å². The van der Waals surface area contributed by atoms with Crippen molar-refractivity contribution in [2.24, 2.45) is 0 Å². The van der Waals surface area contributed by atoms with Gasteiger partial charge in [0.1, 0.15) is 5.82 Å². The van der Waals surface area contributed by atoms with Gasteiger partial charge in [0.05, 0.1) is 7.11 Å². The third-order valence-electron chi connectivity index (χ3n) is 2.55. The SMILES string of the molecule is COC(=O)C1=Cc2ccc(F)cc2CC1. The molecule has 1 aliphatic carbocycles. The summed E-state index contributed by atoms with van der Waals surface area (Å²) in [6, 6.07) is 4.60. The number of rotatable bonds is 1. The molecule has 2 rings (SSSR count). The minimum Gasteiger partial charge on any atom is -0.466 e. The number of carbonyl (C=O) groups excluding carboxylic acids is 1. The van der Waals surface area contributed by atoms with Gasteiger partial charge in [-0.2, -0.15) is 0 Å². The summed E-state index contributed by atoms with van der Waals surface area (Å²) in [6.45, 7) is 0. The number of hydrogen-bond donors (Lipinski definition) is 0. The van der Waals surface area contributed by atoms with Crippen LogP contribution in [0.1, 0.15) is 17.5 Å². The molecule has 0 fully saturated rings. The number of carbonyl (C=O) groups is 1. The lowest BCUT2D eigenvalue weighted by Crippen LogP contribution is -2.09. The van der Waals surface area contributed by atoms with Gasteiger partial charge >= 0.3 is 5.97 Å². The van der Waals surface area contributed by atoms with Crippen molar-refractivity contribution < 1.29 is 13.9 Å². The average molecular weight is 206 g/mol. The normalized spacial score (nSPS) is 14.1. The van der Waals surface area contributed by atoms with Gasteiger partial charge in [-0.3, -0.25) is 0 Å². The van der Waals surface area contributed by atoms with Gasteiger partial charge in [0.15, 0.2) is 0 Å². The van der Waals surface area contributed by atoms with E-state index in [0.29, 0.717) is 18.4 Å². The van der Waals surface area contributed by atoms with Crippen molar-refractivity contribution in [2.45, 2.75) is 12.8 Å². The molecule has 0 heterocycles. The first-order chi connectivity index (χ1) is 7.20. The second-order valence-electron chi connectivity index (χ2n) is 3.50. The van der Waals surface area contributed by atoms with E-state index in [1.54, 1.807) is 12.1 Å². The van der Waals surface area contributed by atoms with E-state index in [2.05, 4.69) is 4.74 Å². The molecule has 0 N–H and O–H groups in total. The molecular formula is C12H11FO2. The molecule has 1 aromatic carbocycles. The predicted octanol–water partition coefficient (Wildman–Crippen LogP) is 2.33. The van der Waals surface area contributed by atoms with Crippen LogP contribution in [0.3, 0.4) is 0 Å². The molecule has 0 unspecified atom stereocenters. The minimum absolute atomic E-state index is 0.233. The number of halogens is 1. The number of fused-ring (bicyclic) bond motifs is 1. The van der Waals surface area contributed by atoms with E-state index in [0.717, 1.165) is 11.1 Å². The Morgan fingerprint density at radius 3 is 2.93 bits per heavy atom. The maximum Gasteiger partial charge on any atom is 0.333 e. The molecule has 15 heavy (non-hydrogen) atoms. The molecule has 1 aromatic rings. The monoisotopic (exact) mass is 206 g/mol. The topological polar surface area (TPSA) is 26.3 Å². The predicted molar refractivity (Wildman–Crippen MR) is 54.7 cm³/mol. The number of benzene rings is 1. The molecule has 0 saturated heterocycles. The summed E-state index contributed by atoms with van der Waals surface area (Å²) in [5.41, 5.74) is 2.50. The third kappa shape index (κ3) is 1.91. The highest BCUT2D eigenvalue weighted by molar-refractivity contribution is 5.94. The fraction of sp³-hybridized carbons (Fsp3) is 0.250. The molecule has 3 heteroatoms. The molecule has 2 nitrogen and oxygen atoms in total. The van der Waals surface area contributed by atoms with Gasteiger partial charge in [-0.1, -0.05) is 6.07 Å². The Bertz CT molecular complexity index is 435. The largest absolute Gasteiger partial charge is 0.466 e. The van der Waals surface area contributed by atoms with E-state index in [9.17, 15) is 9.18 Å². The van der Waals surface area contributed by atoms with Gasteiger partial charge in [0.2, 0.25) is 0 Å². The fourth-order valence-corrected chi connectivity index (χ4v) is 1.75. The molecule has 0 spiro atoms. The lowest BCUT2D eigenvalue weighted by atomic mass is 9.92. The number of methoxy groups -OCH3 is 1. The highest BCUT2D eigenvalue weighted by Crippen LogP contribution is 2.25. The summed E-state index contributed by atoms with van der Waals surface area (Å²) in [5, 5.41) is 0. The Morgan fingerprint density at radius 1 is 1.40 bits per heavy atom. The number of esters is 1. The van der Waals surface area contributed by atoms with Crippen molar-refractivity contribution in [3.8, 4) is 0 Å². The van der Waals surface area contributed by atoms with Crippen molar-refractivity contribution in [2.75, 3.05) is 7.11 Å². The molecular weight excluding hydrogens is 195 g/mol. The standard InChI is InChI=1S/C12H11FO2/c1-15-12(14)10-3-2-9-7-11(13)5-4-8(9)6-10/h4-7H,2-3H2,1H3. The summed E-state index contributed by atoms with van der Waals surface area (Å²) in [4.78, 5) is 11.3. The van der Waals surface area contributed by atoms with Crippen LogP contribution >= 0.6 is 0 Å². The zero-order valence-electron chi connectivity index (χ0n) is 8.42. The Hall–Kier alpha value is -1.64. The van der Waals surface area contributed by atoms with Crippen LogP contribution in [0.5, 0.6) is 0 Å². The van der Waals surface area contributed by atoms with Crippen LogP contribution in [0.4, 0.5) is 4.39 Å². The minimum atomic E-state index is -0.301. The molecule has 0 aromatic heterocycles. The summed E-state index contributed by atoms with van der Waals surface area (Å²) < 4.78 is 17.6. The first kappa shape index (κ1) is 9.90. The second kappa shape index (κ2) is 3.85. The third-order valence-corrected chi connectivity index (χ3v) is 2.55. The van der Waals surface area contributed by atoms with Gasteiger partial charge in [-0.05, 0) is 42.2 Å². The van der Waals surface area contributed by atoms with E-state index in [4.69, 9.17) is 0 Å². The molecule has 0 aliphatic heterocycles. The summed E-state index contributed by atoms with van der Waals surface area (Å²) >= 11 is 0.